The molecule has 0 spiro atoms. The van der Waals surface area contributed by atoms with Gasteiger partial charge in [-0.25, -0.2) is 0 Å². The number of hydrogen-bond donors (Lipinski definition) is 1. The van der Waals surface area contributed by atoms with E-state index in [4.69, 9.17) is 9.84 Å². The van der Waals surface area contributed by atoms with E-state index in [0.717, 1.165) is 42.4 Å². The van der Waals surface area contributed by atoms with Crippen LogP contribution >= 0.6 is 12.4 Å². The minimum Gasteiger partial charge on any atom is -0.497 e. The minimum absolute atomic E-state index is 0. The van der Waals surface area contributed by atoms with Crippen LogP contribution in [0.25, 0.3) is 11.3 Å². The van der Waals surface area contributed by atoms with E-state index in [9.17, 15) is 0 Å². The van der Waals surface area contributed by atoms with Crippen molar-refractivity contribution in [2.75, 3.05) is 20.2 Å². The van der Waals surface area contributed by atoms with Crippen molar-refractivity contribution in [3.8, 4) is 17.0 Å². The number of methoxy groups -OCH3 is 1. The molecule has 2 heterocycles. The van der Waals surface area contributed by atoms with Gasteiger partial charge in [-0.3, -0.25) is 4.68 Å². The van der Waals surface area contributed by atoms with Crippen molar-refractivity contribution in [3.05, 3.63) is 35.5 Å². The zero-order valence-corrected chi connectivity index (χ0v) is 13.1. The molecule has 2 aromatic rings. The highest BCUT2D eigenvalue weighted by molar-refractivity contribution is 5.85. The van der Waals surface area contributed by atoms with E-state index in [1.54, 1.807) is 7.11 Å². The molecule has 0 bridgehead atoms. The number of aryl methyl sites for hydroxylation is 1. The zero-order chi connectivity index (χ0) is 13.7. The number of aromatic nitrogens is 2. The second-order valence-electron chi connectivity index (χ2n) is 5.79. The van der Waals surface area contributed by atoms with Crippen LogP contribution in [0.5, 0.6) is 5.75 Å². The van der Waals surface area contributed by atoms with Crippen LogP contribution in [-0.4, -0.2) is 30.0 Å². The summed E-state index contributed by atoms with van der Waals surface area (Å²) in [5.41, 5.74) is 5.17. The van der Waals surface area contributed by atoms with Crippen molar-refractivity contribution >= 4 is 12.4 Å². The van der Waals surface area contributed by atoms with Crippen LogP contribution in [0.1, 0.15) is 17.2 Å². The van der Waals surface area contributed by atoms with Crippen molar-refractivity contribution in [1.82, 2.24) is 15.1 Å². The molecule has 21 heavy (non-hydrogen) atoms. The molecule has 1 N–H and O–H groups in total. The van der Waals surface area contributed by atoms with Gasteiger partial charge in [0.15, 0.2) is 0 Å². The molecular formula is C16H20ClN3O. The molecule has 5 heteroatoms. The number of halogens is 1. The summed E-state index contributed by atoms with van der Waals surface area (Å²) in [6.07, 6.45) is 1.15. The molecular weight excluding hydrogens is 286 g/mol. The average Bonchev–Trinajstić information content (AvgIpc) is 3.12. The van der Waals surface area contributed by atoms with Gasteiger partial charge >= 0.3 is 0 Å². The summed E-state index contributed by atoms with van der Waals surface area (Å²) in [5, 5.41) is 8.29. The molecule has 1 aliphatic heterocycles. The lowest BCUT2D eigenvalue weighted by Gasteiger charge is -2.10. The molecule has 1 saturated heterocycles. The van der Waals surface area contributed by atoms with E-state index in [2.05, 4.69) is 29.2 Å². The number of benzene rings is 1. The third kappa shape index (κ3) is 2.14. The van der Waals surface area contributed by atoms with Gasteiger partial charge in [0.05, 0.1) is 12.8 Å². The quantitative estimate of drug-likeness (QED) is 0.926. The minimum atomic E-state index is 0. The van der Waals surface area contributed by atoms with Gasteiger partial charge in [0.1, 0.15) is 5.75 Å². The Hall–Kier alpha value is -1.52. The molecule has 1 aromatic carbocycles. The number of hydrogen-bond acceptors (Lipinski definition) is 3. The zero-order valence-electron chi connectivity index (χ0n) is 12.3. The number of rotatable bonds is 2. The summed E-state index contributed by atoms with van der Waals surface area (Å²) in [4.78, 5) is 0. The Labute approximate surface area is 130 Å². The van der Waals surface area contributed by atoms with Crippen molar-refractivity contribution in [3.63, 3.8) is 0 Å². The van der Waals surface area contributed by atoms with E-state index in [1.165, 1.54) is 11.3 Å². The molecule has 0 radical (unpaired) electrons. The number of fused-ring (bicyclic) bond motifs is 3. The fourth-order valence-electron chi connectivity index (χ4n) is 3.72. The molecule has 2 atom stereocenters. The molecule has 0 unspecified atom stereocenters. The van der Waals surface area contributed by atoms with Gasteiger partial charge in [-0.05, 0) is 31.0 Å². The van der Waals surface area contributed by atoms with E-state index in [0.29, 0.717) is 5.92 Å². The number of nitrogens with one attached hydrogen (secondary N) is 1. The monoisotopic (exact) mass is 305 g/mol. The average molecular weight is 306 g/mol. The Morgan fingerprint density at radius 3 is 3.00 bits per heavy atom. The maximum Gasteiger partial charge on any atom is 0.119 e. The summed E-state index contributed by atoms with van der Waals surface area (Å²) in [7, 11) is 3.77. The summed E-state index contributed by atoms with van der Waals surface area (Å²) in [6.45, 7) is 2.22. The summed E-state index contributed by atoms with van der Waals surface area (Å²) >= 11 is 0. The fraction of sp³-hybridized carbons (Fsp3) is 0.438. The Kier molecular flexibility index (Phi) is 3.68. The predicted molar refractivity (Wildman–Crippen MR) is 85.2 cm³/mol. The first kappa shape index (κ1) is 14.4. The van der Waals surface area contributed by atoms with E-state index < -0.39 is 0 Å². The molecule has 1 aliphatic carbocycles. The van der Waals surface area contributed by atoms with Crippen LogP contribution in [0.2, 0.25) is 0 Å². The molecule has 0 amide bonds. The lowest BCUT2D eigenvalue weighted by molar-refractivity contribution is 0.415. The maximum atomic E-state index is 5.34. The molecule has 4 rings (SSSR count). The van der Waals surface area contributed by atoms with Crippen LogP contribution in [0.3, 0.4) is 0 Å². The van der Waals surface area contributed by atoms with Crippen LogP contribution in [0, 0.1) is 5.92 Å². The lowest BCUT2D eigenvalue weighted by Crippen LogP contribution is -2.11. The highest BCUT2D eigenvalue weighted by atomic mass is 35.5. The van der Waals surface area contributed by atoms with Crippen molar-refractivity contribution in [2.45, 2.75) is 12.3 Å². The topological polar surface area (TPSA) is 39.1 Å². The first-order valence-corrected chi connectivity index (χ1v) is 7.19. The van der Waals surface area contributed by atoms with Gasteiger partial charge in [-0.2, -0.15) is 5.10 Å². The maximum absolute atomic E-state index is 5.34. The Balaban J connectivity index is 0.00000132. The van der Waals surface area contributed by atoms with E-state index in [-0.39, 0.29) is 12.4 Å². The third-order valence-electron chi connectivity index (χ3n) is 4.72. The highest BCUT2D eigenvalue weighted by Gasteiger charge is 2.40. The van der Waals surface area contributed by atoms with E-state index >= 15 is 0 Å². The second-order valence-corrected chi connectivity index (χ2v) is 5.79. The van der Waals surface area contributed by atoms with Gasteiger partial charge in [-0.1, -0.05) is 12.1 Å². The summed E-state index contributed by atoms with van der Waals surface area (Å²) in [6, 6.07) is 8.22. The predicted octanol–water partition coefficient (Wildman–Crippen LogP) is 2.38. The largest absolute Gasteiger partial charge is 0.497 e. The lowest BCUT2D eigenvalue weighted by atomic mass is 9.94. The Bertz CT molecular complexity index is 668. The van der Waals surface area contributed by atoms with Crippen molar-refractivity contribution in [2.24, 2.45) is 13.0 Å². The van der Waals surface area contributed by atoms with Crippen molar-refractivity contribution in [1.29, 1.82) is 0 Å². The first-order chi connectivity index (χ1) is 9.78. The number of nitrogens with zero attached hydrogens (tertiary/aromatic N) is 2. The Morgan fingerprint density at radius 2 is 2.19 bits per heavy atom. The normalized spacial score (nSPS) is 22.6. The first-order valence-electron chi connectivity index (χ1n) is 7.19. The van der Waals surface area contributed by atoms with Gasteiger partial charge in [0.2, 0.25) is 0 Å². The highest BCUT2D eigenvalue weighted by Crippen LogP contribution is 2.44. The van der Waals surface area contributed by atoms with Crippen LogP contribution < -0.4 is 10.1 Å². The van der Waals surface area contributed by atoms with E-state index in [1.807, 2.05) is 12.1 Å². The molecule has 1 aromatic heterocycles. The SMILES string of the molecule is COc1cccc(-c2nn(C)c3c2[C@H]2CNC[C@H]2C3)c1.Cl. The number of ether oxygens (including phenoxy) is 1. The van der Waals surface area contributed by atoms with Crippen molar-refractivity contribution < 1.29 is 4.74 Å². The molecule has 4 nitrogen and oxygen atoms in total. The molecule has 1 fully saturated rings. The third-order valence-corrected chi connectivity index (χ3v) is 4.72. The molecule has 112 valence electrons. The summed E-state index contributed by atoms with van der Waals surface area (Å²) < 4.78 is 7.41. The second kappa shape index (κ2) is 5.35. The smallest absolute Gasteiger partial charge is 0.119 e. The molecule has 2 aliphatic rings. The van der Waals surface area contributed by atoms with Crippen LogP contribution in [-0.2, 0) is 13.5 Å². The molecule has 0 saturated carbocycles. The summed E-state index contributed by atoms with van der Waals surface area (Å²) in [5.74, 6) is 2.26. The fourth-order valence-corrected chi connectivity index (χ4v) is 3.72. The van der Waals surface area contributed by atoms with Gasteiger partial charge in [-0.15, -0.1) is 12.4 Å². The standard InChI is InChI=1S/C16H19N3O.ClH/c1-19-14-7-11-8-17-9-13(11)15(14)16(18-19)10-4-3-5-12(6-10)20-2;/h3-6,11,13,17H,7-9H2,1-2H3;1H/t11-,13+;/m1./s1. The van der Waals surface area contributed by atoms with Crippen LogP contribution in [0.15, 0.2) is 24.3 Å². The van der Waals surface area contributed by atoms with Gasteiger partial charge in [0, 0.05) is 36.3 Å². The Morgan fingerprint density at radius 1 is 1.33 bits per heavy atom. The van der Waals surface area contributed by atoms with Gasteiger partial charge < -0.3 is 10.1 Å². The van der Waals surface area contributed by atoms with Gasteiger partial charge in [0.25, 0.3) is 0 Å². The van der Waals surface area contributed by atoms with Crippen LogP contribution in [0.4, 0.5) is 0 Å².